The van der Waals surface area contributed by atoms with Crippen molar-refractivity contribution in [3.8, 4) is 0 Å². The number of nitrogens with zero attached hydrogens (tertiary/aromatic N) is 4. The van der Waals surface area contributed by atoms with Gasteiger partial charge in [0.1, 0.15) is 0 Å². The number of carbonyl (C=O) groups excluding carboxylic acids is 1. The Morgan fingerprint density at radius 2 is 1.90 bits per heavy atom. The van der Waals surface area contributed by atoms with Crippen LogP contribution in [0, 0.1) is 0 Å². The van der Waals surface area contributed by atoms with Crippen LogP contribution in [0.2, 0.25) is 0 Å². The van der Waals surface area contributed by atoms with Crippen LogP contribution < -0.4 is 9.80 Å². The van der Waals surface area contributed by atoms with Crippen molar-refractivity contribution in [2.24, 2.45) is 0 Å². The fraction of sp³-hybridized carbons (Fsp3) is 0.364. The van der Waals surface area contributed by atoms with Gasteiger partial charge < -0.3 is 9.64 Å². The fourth-order valence-electron chi connectivity index (χ4n) is 3.41. The van der Waals surface area contributed by atoms with E-state index in [-0.39, 0.29) is 5.91 Å². The maximum atomic E-state index is 13.5. The van der Waals surface area contributed by atoms with Crippen molar-refractivity contribution in [1.29, 1.82) is 0 Å². The normalized spacial score (nSPS) is 14.8. The molecule has 6 nitrogen and oxygen atoms in total. The molecular weight excluding hydrogens is 464 g/mol. The lowest BCUT2D eigenvalue weighted by Crippen LogP contribution is -2.43. The number of benzene rings is 2. The van der Waals surface area contributed by atoms with E-state index < -0.39 is 0 Å². The minimum atomic E-state index is -0.0216. The number of hydrogen-bond acceptors (Lipinski definition) is 6. The number of carbonyl (C=O) groups is 1. The summed E-state index contributed by atoms with van der Waals surface area (Å²) in [5.41, 5.74) is 2.64. The van der Waals surface area contributed by atoms with Crippen LogP contribution in [-0.4, -0.2) is 69.3 Å². The third-order valence-corrected chi connectivity index (χ3v) is 6.72. The van der Waals surface area contributed by atoms with Crippen LogP contribution in [0.1, 0.15) is 10.4 Å². The summed E-state index contributed by atoms with van der Waals surface area (Å²) in [4.78, 5) is 24.4. The van der Waals surface area contributed by atoms with Gasteiger partial charge in [0, 0.05) is 56.0 Å². The second kappa shape index (κ2) is 9.43. The van der Waals surface area contributed by atoms with E-state index in [4.69, 9.17) is 9.72 Å². The van der Waals surface area contributed by atoms with E-state index >= 15 is 0 Å². The highest BCUT2D eigenvalue weighted by Gasteiger charge is 2.23. The molecule has 158 valence electrons. The van der Waals surface area contributed by atoms with Crippen molar-refractivity contribution >= 4 is 54.2 Å². The lowest BCUT2D eigenvalue weighted by molar-refractivity contribution is 0.0391. The minimum absolute atomic E-state index is 0.0216. The summed E-state index contributed by atoms with van der Waals surface area (Å²) in [5, 5.41) is 0.734. The lowest BCUT2D eigenvalue weighted by Gasteiger charge is -2.29. The van der Waals surface area contributed by atoms with Gasteiger partial charge in [-0.2, -0.15) is 0 Å². The molecule has 0 atom stereocenters. The predicted octanol–water partition coefficient (Wildman–Crippen LogP) is 4.10. The molecule has 1 amide bonds. The Morgan fingerprint density at radius 1 is 1.17 bits per heavy atom. The van der Waals surface area contributed by atoms with Gasteiger partial charge in [-0.1, -0.05) is 27.3 Å². The van der Waals surface area contributed by atoms with Crippen molar-refractivity contribution in [2.75, 3.05) is 63.3 Å². The van der Waals surface area contributed by atoms with Gasteiger partial charge in [0.25, 0.3) is 5.91 Å². The molecule has 4 rings (SSSR count). The average Bonchev–Trinajstić information content (AvgIpc) is 3.17. The molecule has 1 aliphatic heterocycles. The predicted molar refractivity (Wildman–Crippen MR) is 127 cm³/mol. The molecular formula is C22H25BrN4O2S. The Kier molecular flexibility index (Phi) is 6.67. The van der Waals surface area contributed by atoms with Gasteiger partial charge in [0.05, 0.1) is 23.4 Å². The van der Waals surface area contributed by atoms with Gasteiger partial charge >= 0.3 is 0 Å². The molecule has 0 radical (unpaired) electrons. The number of amides is 1. The topological polar surface area (TPSA) is 48.9 Å². The van der Waals surface area contributed by atoms with Gasteiger partial charge in [0.2, 0.25) is 0 Å². The van der Waals surface area contributed by atoms with Crippen molar-refractivity contribution in [3.05, 3.63) is 52.5 Å². The Labute approximate surface area is 189 Å². The molecule has 1 saturated heterocycles. The summed E-state index contributed by atoms with van der Waals surface area (Å²) in [6, 6.07) is 13.7. The molecule has 0 N–H and O–H groups in total. The Hall–Kier alpha value is -2.00. The molecule has 0 aliphatic carbocycles. The van der Waals surface area contributed by atoms with E-state index in [1.807, 2.05) is 66.4 Å². The maximum Gasteiger partial charge on any atom is 0.260 e. The van der Waals surface area contributed by atoms with Crippen LogP contribution in [0.5, 0.6) is 0 Å². The maximum absolute atomic E-state index is 13.5. The number of thiazole rings is 1. The quantitative estimate of drug-likeness (QED) is 0.522. The number of ether oxygens (including phenoxy) is 1. The van der Waals surface area contributed by atoms with Crippen LogP contribution in [0.3, 0.4) is 0 Å². The summed E-state index contributed by atoms with van der Waals surface area (Å²) in [7, 11) is 3.98. The summed E-state index contributed by atoms with van der Waals surface area (Å²) in [5.74, 6) is -0.0216. The largest absolute Gasteiger partial charge is 0.379 e. The van der Waals surface area contributed by atoms with Crippen molar-refractivity contribution in [3.63, 3.8) is 0 Å². The second-order valence-corrected chi connectivity index (χ2v) is 9.39. The molecule has 0 unspecified atom stereocenters. The summed E-state index contributed by atoms with van der Waals surface area (Å²) in [6.07, 6.45) is 0. The standard InChI is InChI=1S/C22H25BrN4O2S/c1-25(2)18-6-3-16(4-7-18)21(28)27(10-9-26-11-13-29-14-12-26)22-24-19-8-5-17(23)15-20(19)30-22/h3-8,15H,9-14H2,1-2H3. The molecule has 0 spiro atoms. The van der Waals surface area contributed by atoms with Gasteiger partial charge in [0.15, 0.2) is 5.13 Å². The molecule has 2 heterocycles. The number of rotatable bonds is 6. The number of anilines is 2. The second-order valence-electron chi connectivity index (χ2n) is 7.46. The monoisotopic (exact) mass is 488 g/mol. The first-order valence-corrected chi connectivity index (χ1v) is 11.6. The molecule has 1 aliphatic rings. The van der Waals surface area contributed by atoms with Crippen LogP contribution in [-0.2, 0) is 4.74 Å². The summed E-state index contributed by atoms with van der Waals surface area (Å²) in [6.45, 7) is 4.67. The van der Waals surface area contributed by atoms with Crippen molar-refractivity contribution < 1.29 is 9.53 Å². The zero-order chi connectivity index (χ0) is 21.1. The number of aromatic nitrogens is 1. The van der Waals surface area contributed by atoms with Gasteiger partial charge in [-0.3, -0.25) is 14.6 Å². The van der Waals surface area contributed by atoms with Crippen LogP contribution in [0.4, 0.5) is 10.8 Å². The van der Waals surface area contributed by atoms with Crippen LogP contribution >= 0.6 is 27.3 Å². The molecule has 2 aromatic carbocycles. The number of halogens is 1. The van der Waals surface area contributed by atoms with E-state index in [1.165, 1.54) is 0 Å². The first-order chi connectivity index (χ1) is 14.5. The third kappa shape index (κ3) is 4.83. The van der Waals surface area contributed by atoms with Gasteiger partial charge in [-0.05, 0) is 42.5 Å². The van der Waals surface area contributed by atoms with Gasteiger partial charge in [-0.15, -0.1) is 0 Å². The van der Waals surface area contributed by atoms with Crippen LogP contribution in [0.25, 0.3) is 10.2 Å². The molecule has 0 bridgehead atoms. The molecule has 3 aromatic rings. The highest BCUT2D eigenvalue weighted by molar-refractivity contribution is 9.10. The third-order valence-electron chi connectivity index (χ3n) is 5.19. The number of fused-ring (bicyclic) bond motifs is 1. The Balaban J connectivity index is 1.61. The molecule has 8 heteroatoms. The lowest BCUT2D eigenvalue weighted by atomic mass is 10.1. The van der Waals surface area contributed by atoms with Crippen molar-refractivity contribution in [2.45, 2.75) is 0 Å². The highest BCUT2D eigenvalue weighted by atomic mass is 79.9. The zero-order valence-electron chi connectivity index (χ0n) is 17.2. The van der Waals surface area contributed by atoms with E-state index in [9.17, 15) is 4.79 Å². The van der Waals surface area contributed by atoms with Crippen molar-refractivity contribution in [1.82, 2.24) is 9.88 Å². The molecule has 30 heavy (non-hydrogen) atoms. The Bertz CT molecular complexity index is 1020. The number of hydrogen-bond donors (Lipinski definition) is 0. The fourth-order valence-corrected chi connectivity index (χ4v) is 4.95. The SMILES string of the molecule is CN(C)c1ccc(C(=O)N(CCN2CCOCC2)c2nc3ccc(Br)cc3s2)cc1. The molecule has 0 saturated carbocycles. The minimum Gasteiger partial charge on any atom is -0.379 e. The first kappa shape index (κ1) is 21.2. The zero-order valence-corrected chi connectivity index (χ0v) is 19.6. The van der Waals surface area contributed by atoms with E-state index in [0.717, 1.165) is 58.4 Å². The summed E-state index contributed by atoms with van der Waals surface area (Å²) >= 11 is 5.07. The van der Waals surface area contributed by atoms with Gasteiger partial charge in [-0.25, -0.2) is 4.98 Å². The first-order valence-electron chi connectivity index (χ1n) is 9.97. The van der Waals surface area contributed by atoms with E-state index in [0.29, 0.717) is 12.1 Å². The molecule has 1 fully saturated rings. The smallest absolute Gasteiger partial charge is 0.260 e. The number of morpholine rings is 1. The Morgan fingerprint density at radius 3 is 2.60 bits per heavy atom. The highest BCUT2D eigenvalue weighted by Crippen LogP contribution is 2.31. The average molecular weight is 489 g/mol. The van der Waals surface area contributed by atoms with Crippen LogP contribution in [0.15, 0.2) is 46.9 Å². The van der Waals surface area contributed by atoms with E-state index in [2.05, 4.69) is 20.8 Å². The summed E-state index contributed by atoms with van der Waals surface area (Å²) < 4.78 is 7.52. The molecule has 1 aromatic heterocycles. The van der Waals surface area contributed by atoms with E-state index in [1.54, 1.807) is 11.3 Å².